The average Bonchev–Trinajstić information content (AvgIpc) is 3.00. The highest BCUT2D eigenvalue weighted by Gasteiger charge is 2.55. The predicted octanol–water partition coefficient (Wildman–Crippen LogP) is 1.70. The molecule has 3 nitrogen and oxygen atoms in total. The molecule has 2 fully saturated rings. The van der Waals surface area contributed by atoms with E-state index in [1.807, 2.05) is 0 Å². The Morgan fingerprint density at radius 3 is 2.59 bits per heavy atom. The van der Waals surface area contributed by atoms with E-state index in [1.54, 1.807) is 0 Å². The molecule has 1 amide bonds. The Morgan fingerprint density at radius 1 is 1.41 bits per heavy atom. The second-order valence-electron chi connectivity index (χ2n) is 5.10. The molecule has 1 heterocycles. The summed E-state index contributed by atoms with van der Waals surface area (Å²) in [7, 11) is 0. The van der Waals surface area contributed by atoms with Gasteiger partial charge in [-0.25, -0.2) is 0 Å². The molecule has 1 aliphatic heterocycles. The lowest BCUT2D eigenvalue weighted by Gasteiger charge is -2.40. The quantitative estimate of drug-likeness (QED) is 0.811. The van der Waals surface area contributed by atoms with Crippen molar-refractivity contribution in [3.05, 3.63) is 0 Å². The summed E-state index contributed by atoms with van der Waals surface area (Å²) in [6.45, 7) is -0.286. The zero-order valence-corrected chi connectivity index (χ0v) is 9.46. The van der Waals surface area contributed by atoms with Crippen molar-refractivity contribution in [2.24, 2.45) is 5.92 Å². The first-order valence-corrected chi connectivity index (χ1v) is 5.89. The van der Waals surface area contributed by atoms with E-state index in [4.69, 9.17) is 0 Å². The van der Waals surface area contributed by atoms with Crippen molar-refractivity contribution in [2.75, 3.05) is 13.1 Å². The largest absolute Gasteiger partial charge is 0.418 e. The lowest BCUT2D eigenvalue weighted by Crippen LogP contribution is -2.58. The van der Waals surface area contributed by atoms with Crippen LogP contribution in [0.2, 0.25) is 0 Å². The zero-order chi connectivity index (χ0) is 12.7. The molecule has 17 heavy (non-hydrogen) atoms. The number of piperidine rings is 1. The van der Waals surface area contributed by atoms with Crippen molar-refractivity contribution < 1.29 is 23.1 Å². The third-order valence-corrected chi connectivity index (χ3v) is 3.51. The van der Waals surface area contributed by atoms with E-state index >= 15 is 0 Å². The highest BCUT2D eigenvalue weighted by molar-refractivity contribution is 5.77. The van der Waals surface area contributed by atoms with E-state index in [1.165, 1.54) is 0 Å². The maximum Gasteiger partial charge on any atom is 0.418 e. The molecule has 0 unspecified atom stereocenters. The molecule has 1 saturated carbocycles. The SMILES string of the molecule is O=C(CC1CC1)N1CCC[C@](O)(C(F)(F)F)C1. The van der Waals surface area contributed by atoms with Gasteiger partial charge in [0.1, 0.15) is 0 Å². The van der Waals surface area contributed by atoms with E-state index in [-0.39, 0.29) is 18.7 Å². The van der Waals surface area contributed by atoms with Crippen LogP contribution >= 0.6 is 0 Å². The van der Waals surface area contributed by atoms with Gasteiger partial charge in [-0.3, -0.25) is 4.79 Å². The molecule has 0 aromatic carbocycles. The summed E-state index contributed by atoms with van der Waals surface area (Å²) in [5.74, 6) is 0.0956. The number of hydrogen-bond acceptors (Lipinski definition) is 2. The van der Waals surface area contributed by atoms with Crippen molar-refractivity contribution in [1.29, 1.82) is 0 Å². The predicted molar refractivity (Wildman–Crippen MR) is 54.2 cm³/mol. The molecule has 0 aromatic rings. The monoisotopic (exact) mass is 251 g/mol. The van der Waals surface area contributed by atoms with Crippen LogP contribution in [0.5, 0.6) is 0 Å². The number of aliphatic hydroxyl groups is 1. The van der Waals surface area contributed by atoms with Gasteiger partial charge in [0.15, 0.2) is 5.60 Å². The molecule has 2 aliphatic rings. The van der Waals surface area contributed by atoms with Gasteiger partial charge in [-0.1, -0.05) is 0 Å². The fraction of sp³-hybridized carbons (Fsp3) is 0.909. The molecular formula is C11H16F3NO2. The summed E-state index contributed by atoms with van der Waals surface area (Å²) in [6.07, 6.45) is -2.47. The minimum atomic E-state index is -4.66. The minimum absolute atomic E-state index is 0.201. The minimum Gasteiger partial charge on any atom is -0.379 e. The van der Waals surface area contributed by atoms with Crippen molar-refractivity contribution >= 4 is 5.91 Å². The fourth-order valence-electron chi connectivity index (χ4n) is 2.18. The van der Waals surface area contributed by atoms with Gasteiger partial charge in [0.2, 0.25) is 5.91 Å². The summed E-state index contributed by atoms with van der Waals surface area (Å²) < 4.78 is 37.9. The maximum absolute atomic E-state index is 12.6. The van der Waals surface area contributed by atoms with Crippen molar-refractivity contribution in [2.45, 2.75) is 43.9 Å². The van der Waals surface area contributed by atoms with Gasteiger partial charge < -0.3 is 10.0 Å². The Hall–Kier alpha value is -0.780. The Bertz CT molecular complexity index is 314. The van der Waals surface area contributed by atoms with E-state index in [2.05, 4.69) is 0 Å². The molecule has 6 heteroatoms. The standard InChI is InChI=1S/C11H16F3NO2/c12-11(13,14)10(17)4-1-5-15(7-10)9(16)6-8-2-3-8/h8,17H,1-7H2/t10-/m1/s1. The van der Waals surface area contributed by atoms with Crippen LogP contribution in [0.4, 0.5) is 13.2 Å². The van der Waals surface area contributed by atoms with Crippen LogP contribution < -0.4 is 0 Å². The third kappa shape index (κ3) is 2.73. The van der Waals surface area contributed by atoms with Crippen LogP contribution in [-0.4, -0.2) is 40.8 Å². The Kier molecular flexibility index (Phi) is 3.10. The topological polar surface area (TPSA) is 40.5 Å². The maximum atomic E-state index is 12.6. The van der Waals surface area contributed by atoms with E-state index in [0.717, 1.165) is 17.7 Å². The van der Waals surface area contributed by atoms with Crippen LogP contribution in [0.1, 0.15) is 32.1 Å². The van der Waals surface area contributed by atoms with Crippen molar-refractivity contribution in [3.63, 3.8) is 0 Å². The highest BCUT2D eigenvalue weighted by atomic mass is 19.4. The Balaban J connectivity index is 1.98. The van der Waals surface area contributed by atoms with Gasteiger partial charge in [0.05, 0.1) is 6.54 Å². The fourth-order valence-corrected chi connectivity index (χ4v) is 2.18. The lowest BCUT2D eigenvalue weighted by atomic mass is 9.92. The first-order chi connectivity index (χ1) is 7.82. The first-order valence-electron chi connectivity index (χ1n) is 5.89. The number of alkyl halides is 3. The van der Waals surface area contributed by atoms with Gasteiger partial charge in [-0.2, -0.15) is 13.2 Å². The third-order valence-electron chi connectivity index (χ3n) is 3.51. The second-order valence-corrected chi connectivity index (χ2v) is 5.10. The molecule has 1 atom stereocenters. The molecule has 0 bridgehead atoms. The van der Waals surface area contributed by atoms with Crippen LogP contribution in [0.25, 0.3) is 0 Å². The number of carbonyl (C=O) groups excluding carboxylic acids is 1. The first kappa shape index (κ1) is 12.7. The molecule has 1 aliphatic carbocycles. The number of hydrogen-bond donors (Lipinski definition) is 1. The zero-order valence-electron chi connectivity index (χ0n) is 9.46. The molecule has 1 saturated heterocycles. The van der Waals surface area contributed by atoms with Crippen molar-refractivity contribution in [3.8, 4) is 0 Å². The molecule has 0 spiro atoms. The Morgan fingerprint density at radius 2 is 2.06 bits per heavy atom. The van der Waals surface area contributed by atoms with Crippen LogP contribution in [0, 0.1) is 5.92 Å². The summed E-state index contributed by atoms with van der Waals surface area (Å²) in [6, 6.07) is 0. The van der Waals surface area contributed by atoms with E-state index in [9.17, 15) is 23.1 Å². The summed E-state index contributed by atoms with van der Waals surface area (Å²) >= 11 is 0. The summed E-state index contributed by atoms with van der Waals surface area (Å²) in [5, 5.41) is 9.56. The normalized spacial score (nSPS) is 30.5. The lowest BCUT2D eigenvalue weighted by molar-refractivity contribution is -0.272. The summed E-state index contributed by atoms with van der Waals surface area (Å²) in [4.78, 5) is 12.9. The van der Waals surface area contributed by atoms with Gasteiger partial charge in [0.25, 0.3) is 0 Å². The molecule has 1 N–H and O–H groups in total. The van der Waals surface area contributed by atoms with Crippen molar-refractivity contribution in [1.82, 2.24) is 4.90 Å². The smallest absolute Gasteiger partial charge is 0.379 e. The van der Waals surface area contributed by atoms with Crippen LogP contribution in [-0.2, 0) is 4.79 Å². The molecule has 0 radical (unpaired) electrons. The molecular weight excluding hydrogens is 235 g/mol. The molecule has 0 aromatic heterocycles. The van der Waals surface area contributed by atoms with Gasteiger partial charge in [-0.05, 0) is 31.6 Å². The Labute approximate surface area is 97.6 Å². The van der Waals surface area contributed by atoms with E-state index < -0.39 is 18.3 Å². The van der Waals surface area contributed by atoms with Gasteiger partial charge in [0, 0.05) is 13.0 Å². The average molecular weight is 251 g/mol. The van der Waals surface area contributed by atoms with Gasteiger partial charge >= 0.3 is 6.18 Å². The number of likely N-dealkylation sites (tertiary alicyclic amines) is 1. The number of carbonyl (C=O) groups is 1. The number of rotatable bonds is 2. The number of halogens is 3. The highest BCUT2D eigenvalue weighted by Crippen LogP contribution is 2.38. The number of β-amino-alcohol motifs (C(OH)–C–C–N with tert-alkyl or cyclic N) is 1. The second kappa shape index (κ2) is 4.15. The number of nitrogens with zero attached hydrogens (tertiary/aromatic N) is 1. The van der Waals surface area contributed by atoms with Gasteiger partial charge in [-0.15, -0.1) is 0 Å². The van der Waals surface area contributed by atoms with Crippen LogP contribution in [0.15, 0.2) is 0 Å². The molecule has 2 rings (SSSR count). The van der Waals surface area contributed by atoms with E-state index in [0.29, 0.717) is 18.9 Å². The summed E-state index contributed by atoms with van der Waals surface area (Å²) in [5.41, 5.74) is -2.72. The molecule has 98 valence electrons. The van der Waals surface area contributed by atoms with Crippen LogP contribution in [0.3, 0.4) is 0 Å². The number of amides is 1.